The van der Waals surface area contributed by atoms with Crippen molar-refractivity contribution < 1.29 is 19.1 Å². The number of anilines is 2. The van der Waals surface area contributed by atoms with E-state index in [9.17, 15) is 14.4 Å². The molecule has 0 atom stereocenters. The van der Waals surface area contributed by atoms with Crippen LogP contribution in [0.5, 0.6) is 0 Å². The fourth-order valence-corrected chi connectivity index (χ4v) is 5.10. The Kier molecular flexibility index (Phi) is 7.19. The summed E-state index contributed by atoms with van der Waals surface area (Å²) in [5.41, 5.74) is 3.10. The second-order valence-corrected chi connectivity index (χ2v) is 9.01. The van der Waals surface area contributed by atoms with Crippen LogP contribution in [0.1, 0.15) is 67.7 Å². The number of carbonyl (C=O) groups is 3. The first-order chi connectivity index (χ1) is 16.1. The van der Waals surface area contributed by atoms with Crippen LogP contribution in [-0.2, 0) is 17.6 Å². The number of nitrogens with one attached hydrogen (secondary N) is 2. The molecule has 2 N–H and O–H groups in total. The van der Waals surface area contributed by atoms with Crippen molar-refractivity contribution in [3.8, 4) is 0 Å². The molecule has 0 bridgehead atoms. The van der Waals surface area contributed by atoms with E-state index in [1.54, 1.807) is 36.4 Å². The van der Waals surface area contributed by atoms with E-state index in [4.69, 9.17) is 4.74 Å². The first-order valence-corrected chi connectivity index (χ1v) is 12.0. The Labute approximate surface area is 197 Å². The number of hydrogen-bond donors (Lipinski definition) is 2. The molecule has 6 nitrogen and oxygen atoms in total. The van der Waals surface area contributed by atoms with E-state index in [1.807, 2.05) is 25.1 Å². The summed E-state index contributed by atoms with van der Waals surface area (Å²) in [6.45, 7) is 2.31. The SMILES string of the molecule is CCCOC(=O)c1ccc(NC(=O)c2c(NC(=O)c3ccccc3)sc3c2CCCC3)cc1. The predicted molar refractivity (Wildman–Crippen MR) is 130 cm³/mol. The fourth-order valence-electron chi connectivity index (χ4n) is 3.82. The van der Waals surface area contributed by atoms with Gasteiger partial charge in [0.2, 0.25) is 0 Å². The number of benzene rings is 2. The molecule has 1 aliphatic carbocycles. The number of esters is 1. The van der Waals surface area contributed by atoms with Gasteiger partial charge in [-0.2, -0.15) is 0 Å². The zero-order chi connectivity index (χ0) is 23.2. The molecule has 0 unspecified atom stereocenters. The van der Waals surface area contributed by atoms with E-state index in [-0.39, 0.29) is 17.8 Å². The normalized spacial score (nSPS) is 12.5. The van der Waals surface area contributed by atoms with E-state index in [2.05, 4.69) is 10.6 Å². The van der Waals surface area contributed by atoms with Crippen LogP contribution in [0.3, 0.4) is 0 Å². The van der Waals surface area contributed by atoms with Gasteiger partial charge < -0.3 is 15.4 Å². The zero-order valence-electron chi connectivity index (χ0n) is 18.5. The van der Waals surface area contributed by atoms with Gasteiger partial charge in [-0.1, -0.05) is 25.1 Å². The Morgan fingerprint density at radius 3 is 2.33 bits per heavy atom. The lowest BCUT2D eigenvalue weighted by Gasteiger charge is -2.13. The monoisotopic (exact) mass is 462 g/mol. The Hall–Kier alpha value is -3.45. The van der Waals surface area contributed by atoms with Gasteiger partial charge in [-0.25, -0.2) is 4.79 Å². The molecule has 0 spiro atoms. The average Bonchev–Trinajstić information content (AvgIpc) is 3.21. The van der Waals surface area contributed by atoms with E-state index < -0.39 is 0 Å². The molecular formula is C26H26N2O4S. The van der Waals surface area contributed by atoms with E-state index >= 15 is 0 Å². The zero-order valence-corrected chi connectivity index (χ0v) is 19.3. The van der Waals surface area contributed by atoms with Crippen molar-refractivity contribution in [1.82, 2.24) is 0 Å². The number of aryl methyl sites for hydroxylation is 1. The first kappa shape index (κ1) is 22.7. The van der Waals surface area contributed by atoms with Crippen molar-refractivity contribution >= 4 is 39.8 Å². The average molecular weight is 463 g/mol. The fraction of sp³-hybridized carbons (Fsp3) is 0.269. The van der Waals surface area contributed by atoms with Crippen LogP contribution in [0.15, 0.2) is 54.6 Å². The molecule has 1 heterocycles. The van der Waals surface area contributed by atoms with Gasteiger partial charge in [-0.15, -0.1) is 11.3 Å². The number of carbonyl (C=O) groups excluding carboxylic acids is 3. The van der Waals surface area contributed by atoms with Gasteiger partial charge in [0.05, 0.1) is 17.7 Å². The molecule has 3 aromatic rings. The molecule has 0 saturated carbocycles. The Morgan fingerprint density at radius 1 is 0.879 bits per heavy atom. The third-order valence-electron chi connectivity index (χ3n) is 5.48. The Bertz CT molecular complexity index is 1150. The highest BCUT2D eigenvalue weighted by Crippen LogP contribution is 2.38. The highest BCUT2D eigenvalue weighted by atomic mass is 32.1. The van der Waals surface area contributed by atoms with Crippen molar-refractivity contribution in [1.29, 1.82) is 0 Å². The number of thiophene rings is 1. The smallest absolute Gasteiger partial charge is 0.338 e. The van der Waals surface area contributed by atoms with Gasteiger partial charge in [0.25, 0.3) is 11.8 Å². The lowest BCUT2D eigenvalue weighted by Crippen LogP contribution is -2.18. The summed E-state index contributed by atoms with van der Waals surface area (Å²) in [4.78, 5) is 39.2. The van der Waals surface area contributed by atoms with Gasteiger partial charge in [-0.05, 0) is 74.1 Å². The molecule has 2 amide bonds. The van der Waals surface area contributed by atoms with Crippen LogP contribution in [0, 0.1) is 0 Å². The molecule has 33 heavy (non-hydrogen) atoms. The summed E-state index contributed by atoms with van der Waals surface area (Å²) < 4.78 is 5.14. The standard InChI is InChI=1S/C26H26N2O4S/c1-2-16-32-26(31)18-12-14-19(15-13-18)27-24(30)22-20-10-6-7-11-21(20)33-25(22)28-23(29)17-8-4-3-5-9-17/h3-5,8-9,12-15H,2,6-7,10-11,16H2,1H3,(H,27,30)(H,28,29). The van der Waals surface area contributed by atoms with Gasteiger partial charge in [0, 0.05) is 16.1 Å². The maximum absolute atomic E-state index is 13.3. The largest absolute Gasteiger partial charge is 0.462 e. The molecule has 0 saturated heterocycles. The topological polar surface area (TPSA) is 84.5 Å². The third kappa shape index (κ3) is 5.31. The van der Waals surface area contributed by atoms with Crippen LogP contribution >= 0.6 is 11.3 Å². The van der Waals surface area contributed by atoms with Gasteiger partial charge in [0.15, 0.2) is 0 Å². The predicted octanol–water partition coefficient (Wildman–Crippen LogP) is 5.70. The quantitative estimate of drug-likeness (QED) is 0.441. The van der Waals surface area contributed by atoms with Crippen molar-refractivity contribution in [3.63, 3.8) is 0 Å². The van der Waals surface area contributed by atoms with E-state index in [0.717, 1.165) is 42.5 Å². The van der Waals surface area contributed by atoms with Gasteiger partial charge in [0.1, 0.15) is 5.00 Å². The molecule has 170 valence electrons. The van der Waals surface area contributed by atoms with E-state index in [1.165, 1.54) is 11.3 Å². The van der Waals surface area contributed by atoms with Crippen LogP contribution in [-0.4, -0.2) is 24.4 Å². The van der Waals surface area contributed by atoms with Crippen molar-refractivity contribution in [2.24, 2.45) is 0 Å². The summed E-state index contributed by atoms with van der Waals surface area (Å²) in [5, 5.41) is 6.45. The molecular weight excluding hydrogens is 436 g/mol. The first-order valence-electron chi connectivity index (χ1n) is 11.2. The molecule has 0 aliphatic heterocycles. The minimum absolute atomic E-state index is 0.238. The molecule has 7 heteroatoms. The van der Waals surface area contributed by atoms with Crippen molar-refractivity contribution in [2.45, 2.75) is 39.0 Å². The molecule has 2 aromatic carbocycles. The minimum Gasteiger partial charge on any atom is -0.462 e. The molecule has 1 aromatic heterocycles. The molecule has 1 aliphatic rings. The van der Waals surface area contributed by atoms with Gasteiger partial charge in [-0.3, -0.25) is 9.59 Å². The Morgan fingerprint density at radius 2 is 1.61 bits per heavy atom. The molecule has 0 radical (unpaired) electrons. The maximum atomic E-state index is 13.3. The summed E-state index contributed by atoms with van der Waals surface area (Å²) >= 11 is 1.48. The number of amides is 2. The lowest BCUT2D eigenvalue weighted by atomic mass is 9.95. The Balaban J connectivity index is 1.55. The van der Waals surface area contributed by atoms with Crippen molar-refractivity contribution in [3.05, 3.63) is 81.7 Å². The maximum Gasteiger partial charge on any atom is 0.338 e. The van der Waals surface area contributed by atoms with Crippen LogP contribution in [0.25, 0.3) is 0 Å². The number of rotatable bonds is 7. The second-order valence-electron chi connectivity index (χ2n) is 7.90. The van der Waals surface area contributed by atoms with Gasteiger partial charge >= 0.3 is 5.97 Å². The highest BCUT2D eigenvalue weighted by Gasteiger charge is 2.26. The summed E-state index contributed by atoms with van der Waals surface area (Å²) in [7, 11) is 0. The minimum atomic E-state index is -0.382. The summed E-state index contributed by atoms with van der Waals surface area (Å²) in [5.74, 6) is -0.884. The van der Waals surface area contributed by atoms with Crippen LogP contribution < -0.4 is 10.6 Å². The third-order valence-corrected chi connectivity index (χ3v) is 6.68. The number of fused-ring (bicyclic) bond motifs is 1. The van der Waals surface area contributed by atoms with E-state index in [0.29, 0.717) is 34.0 Å². The summed E-state index contributed by atoms with van der Waals surface area (Å²) in [6, 6.07) is 15.6. The lowest BCUT2D eigenvalue weighted by molar-refractivity contribution is 0.0505. The second kappa shape index (κ2) is 10.4. The molecule has 0 fully saturated rings. The highest BCUT2D eigenvalue weighted by molar-refractivity contribution is 7.17. The number of ether oxygens (including phenoxy) is 1. The van der Waals surface area contributed by atoms with Crippen LogP contribution in [0.4, 0.5) is 10.7 Å². The van der Waals surface area contributed by atoms with Crippen LogP contribution in [0.2, 0.25) is 0 Å². The number of hydrogen-bond acceptors (Lipinski definition) is 5. The molecule has 4 rings (SSSR count). The van der Waals surface area contributed by atoms with Crippen molar-refractivity contribution in [2.75, 3.05) is 17.2 Å². The summed E-state index contributed by atoms with van der Waals surface area (Å²) in [6.07, 6.45) is 4.59.